The Kier molecular flexibility index (Phi) is 10.5. The molecule has 4 nitrogen and oxygen atoms in total. The summed E-state index contributed by atoms with van der Waals surface area (Å²) in [6.07, 6.45) is 13.1. The van der Waals surface area contributed by atoms with Crippen LogP contribution >= 0.6 is 0 Å². The predicted molar refractivity (Wildman–Crippen MR) is 69.3 cm³/mol. The summed E-state index contributed by atoms with van der Waals surface area (Å²) < 4.78 is 32.9. The third-order valence-electron chi connectivity index (χ3n) is 2.41. The second-order valence-corrected chi connectivity index (χ2v) is 5.16. The molecule has 0 atom stereocenters. The van der Waals surface area contributed by atoms with Crippen molar-refractivity contribution in [1.82, 2.24) is 0 Å². The van der Waals surface area contributed by atoms with Crippen molar-refractivity contribution in [1.29, 1.82) is 0 Å². The van der Waals surface area contributed by atoms with Crippen LogP contribution in [0.5, 0.6) is 0 Å². The monoisotopic (exact) mass is 264 g/mol. The van der Waals surface area contributed by atoms with Gasteiger partial charge in [-0.05, 0) is 19.3 Å². The van der Waals surface area contributed by atoms with E-state index in [1.165, 1.54) is 38.5 Å². The van der Waals surface area contributed by atoms with Crippen LogP contribution in [-0.4, -0.2) is 19.6 Å². The zero-order chi connectivity index (χ0) is 13.0. The number of hydrogen-bond donors (Lipinski definition) is 1. The maximum Gasteiger partial charge on any atom is 0.397 e. The fraction of sp³-hybridized carbons (Fsp3) is 0.833. The lowest BCUT2D eigenvalue weighted by Gasteiger charge is -1.98. The molecule has 0 aliphatic carbocycles. The molecule has 0 aliphatic rings. The quantitative estimate of drug-likeness (QED) is 0.352. The molecule has 0 spiro atoms. The Balaban J connectivity index is 3.20. The average Bonchev–Trinajstić information content (AvgIpc) is 2.24. The van der Waals surface area contributed by atoms with Crippen molar-refractivity contribution in [3.8, 4) is 0 Å². The Morgan fingerprint density at radius 2 is 1.59 bits per heavy atom. The Labute approximate surface area is 105 Å². The molecule has 0 aromatic carbocycles. The summed E-state index contributed by atoms with van der Waals surface area (Å²) in [5.74, 6) is 0. The minimum Gasteiger partial charge on any atom is -0.264 e. The number of unbranched alkanes of at least 4 members (excludes halogenated alkanes) is 6. The first kappa shape index (κ1) is 16.6. The summed E-state index contributed by atoms with van der Waals surface area (Å²) in [5, 5.41) is 0. The molecule has 0 radical (unpaired) electrons. The van der Waals surface area contributed by atoms with E-state index in [4.69, 9.17) is 4.55 Å². The van der Waals surface area contributed by atoms with Crippen LogP contribution in [0.15, 0.2) is 12.2 Å². The number of allylic oxidation sites excluding steroid dienone is 1. The first-order valence-electron chi connectivity index (χ1n) is 6.33. The summed E-state index contributed by atoms with van der Waals surface area (Å²) in [4.78, 5) is 0. The van der Waals surface area contributed by atoms with Crippen molar-refractivity contribution in [3.05, 3.63) is 12.2 Å². The Hall–Kier alpha value is -0.390. The van der Waals surface area contributed by atoms with Crippen LogP contribution in [0.3, 0.4) is 0 Å². The summed E-state index contributed by atoms with van der Waals surface area (Å²) in [6, 6.07) is 0. The molecule has 0 aliphatic heterocycles. The lowest BCUT2D eigenvalue weighted by atomic mass is 10.1. The number of rotatable bonds is 11. The third-order valence-corrected chi connectivity index (χ3v) is 2.87. The molecule has 0 fully saturated rings. The van der Waals surface area contributed by atoms with E-state index in [-0.39, 0.29) is 6.61 Å². The molecule has 17 heavy (non-hydrogen) atoms. The molecule has 0 heterocycles. The first-order chi connectivity index (χ1) is 8.06. The van der Waals surface area contributed by atoms with Gasteiger partial charge in [-0.15, -0.1) is 0 Å². The van der Waals surface area contributed by atoms with Gasteiger partial charge >= 0.3 is 10.4 Å². The van der Waals surface area contributed by atoms with E-state index >= 15 is 0 Å². The van der Waals surface area contributed by atoms with Crippen LogP contribution < -0.4 is 0 Å². The summed E-state index contributed by atoms with van der Waals surface area (Å²) in [6.45, 7) is 2.21. The molecule has 0 aromatic heterocycles. The van der Waals surface area contributed by atoms with Crippen LogP contribution in [-0.2, 0) is 14.6 Å². The van der Waals surface area contributed by atoms with Gasteiger partial charge in [-0.25, -0.2) is 4.18 Å². The summed E-state index contributed by atoms with van der Waals surface area (Å²) >= 11 is 0. The molecule has 0 saturated carbocycles. The van der Waals surface area contributed by atoms with Gasteiger partial charge in [0.05, 0.1) is 6.61 Å². The van der Waals surface area contributed by atoms with Gasteiger partial charge in [-0.1, -0.05) is 51.2 Å². The molecule has 1 N–H and O–H groups in total. The summed E-state index contributed by atoms with van der Waals surface area (Å²) in [5.41, 5.74) is 0. The Morgan fingerprint density at radius 3 is 2.24 bits per heavy atom. The summed E-state index contributed by atoms with van der Waals surface area (Å²) in [7, 11) is -4.27. The smallest absolute Gasteiger partial charge is 0.264 e. The van der Waals surface area contributed by atoms with Crippen LogP contribution in [0, 0.1) is 0 Å². The molecule has 0 unspecified atom stereocenters. The lowest BCUT2D eigenvalue weighted by Crippen LogP contribution is -2.03. The van der Waals surface area contributed by atoms with Crippen molar-refractivity contribution < 1.29 is 17.2 Å². The molecular weight excluding hydrogens is 240 g/mol. The normalized spacial score (nSPS) is 12.4. The SMILES string of the molecule is CCCCCCCC/C=C\CCOS(=O)(=O)O. The van der Waals surface area contributed by atoms with E-state index < -0.39 is 10.4 Å². The molecule has 0 saturated heterocycles. The van der Waals surface area contributed by atoms with E-state index in [1.807, 2.05) is 12.2 Å². The van der Waals surface area contributed by atoms with Crippen molar-refractivity contribution in [2.75, 3.05) is 6.61 Å². The minimum absolute atomic E-state index is 0.00579. The third kappa shape index (κ3) is 15.6. The van der Waals surface area contributed by atoms with Gasteiger partial charge < -0.3 is 0 Å². The van der Waals surface area contributed by atoms with Crippen LogP contribution in [0.4, 0.5) is 0 Å². The van der Waals surface area contributed by atoms with Crippen molar-refractivity contribution >= 4 is 10.4 Å². The second-order valence-electron chi connectivity index (χ2n) is 4.07. The molecule has 102 valence electrons. The average molecular weight is 264 g/mol. The first-order valence-corrected chi connectivity index (χ1v) is 7.69. The molecule has 0 rings (SSSR count). The molecule has 0 aromatic rings. The zero-order valence-corrected chi connectivity index (χ0v) is 11.4. The predicted octanol–water partition coefficient (Wildman–Crippen LogP) is 3.50. The van der Waals surface area contributed by atoms with Gasteiger partial charge in [0, 0.05) is 0 Å². The molecular formula is C12H24O4S. The van der Waals surface area contributed by atoms with Crippen LogP contribution in [0.1, 0.15) is 58.3 Å². The fourth-order valence-electron chi connectivity index (χ4n) is 1.50. The Morgan fingerprint density at radius 1 is 1.00 bits per heavy atom. The number of hydrogen-bond acceptors (Lipinski definition) is 3. The lowest BCUT2D eigenvalue weighted by molar-refractivity contribution is 0.273. The van der Waals surface area contributed by atoms with Gasteiger partial charge in [0.1, 0.15) is 0 Å². The maximum atomic E-state index is 10.2. The molecule has 0 amide bonds. The highest BCUT2D eigenvalue weighted by Gasteiger charge is 2.00. The molecule has 0 bridgehead atoms. The van der Waals surface area contributed by atoms with E-state index in [1.54, 1.807) is 0 Å². The van der Waals surface area contributed by atoms with E-state index in [2.05, 4.69) is 11.1 Å². The standard InChI is InChI=1S/C12H24O4S/c1-2-3-4-5-6-7-8-9-10-11-12-16-17(13,14)15/h9-10H,2-8,11-12H2,1H3,(H,13,14,15)/b10-9-. The maximum absolute atomic E-state index is 10.2. The van der Waals surface area contributed by atoms with E-state index in [0.29, 0.717) is 6.42 Å². The highest BCUT2D eigenvalue weighted by molar-refractivity contribution is 7.80. The highest BCUT2D eigenvalue weighted by Crippen LogP contribution is 2.07. The molecule has 5 heteroatoms. The van der Waals surface area contributed by atoms with Crippen molar-refractivity contribution in [2.24, 2.45) is 0 Å². The van der Waals surface area contributed by atoms with Crippen LogP contribution in [0.25, 0.3) is 0 Å². The minimum atomic E-state index is -4.27. The van der Waals surface area contributed by atoms with Crippen LogP contribution in [0.2, 0.25) is 0 Å². The highest BCUT2D eigenvalue weighted by atomic mass is 32.3. The Bertz CT molecular complexity index is 283. The van der Waals surface area contributed by atoms with Gasteiger partial charge in [0.25, 0.3) is 0 Å². The van der Waals surface area contributed by atoms with E-state index in [0.717, 1.165) is 6.42 Å². The zero-order valence-electron chi connectivity index (χ0n) is 10.6. The van der Waals surface area contributed by atoms with Gasteiger partial charge in [-0.3, -0.25) is 4.55 Å². The fourth-order valence-corrected chi connectivity index (χ4v) is 1.81. The topological polar surface area (TPSA) is 63.6 Å². The van der Waals surface area contributed by atoms with Gasteiger partial charge in [-0.2, -0.15) is 8.42 Å². The largest absolute Gasteiger partial charge is 0.397 e. The van der Waals surface area contributed by atoms with Crippen molar-refractivity contribution in [3.63, 3.8) is 0 Å². The van der Waals surface area contributed by atoms with E-state index in [9.17, 15) is 8.42 Å². The van der Waals surface area contributed by atoms with Gasteiger partial charge in [0.2, 0.25) is 0 Å². The van der Waals surface area contributed by atoms with Gasteiger partial charge in [0.15, 0.2) is 0 Å². The second kappa shape index (κ2) is 10.7. The van der Waals surface area contributed by atoms with Crippen molar-refractivity contribution in [2.45, 2.75) is 58.3 Å².